The zero-order valence-corrected chi connectivity index (χ0v) is 19.1. The van der Waals surface area contributed by atoms with Gasteiger partial charge >= 0.3 is 0 Å². The average molecular weight is 470 g/mol. The molecule has 2 bridgehead atoms. The number of ether oxygens (including phenoxy) is 1. The van der Waals surface area contributed by atoms with Crippen molar-refractivity contribution in [3.8, 4) is 5.75 Å². The van der Waals surface area contributed by atoms with Crippen molar-refractivity contribution in [1.29, 1.82) is 0 Å². The van der Waals surface area contributed by atoms with E-state index in [-0.39, 0.29) is 24.1 Å². The van der Waals surface area contributed by atoms with Crippen LogP contribution in [-0.4, -0.2) is 40.8 Å². The molecule has 3 aliphatic heterocycles. The Kier molecular flexibility index (Phi) is 5.86. The van der Waals surface area contributed by atoms with Gasteiger partial charge in [-0.3, -0.25) is 4.98 Å². The minimum absolute atomic E-state index is 0.125. The molecule has 0 aliphatic carbocycles. The van der Waals surface area contributed by atoms with Crippen molar-refractivity contribution in [3.63, 3.8) is 0 Å². The molecule has 0 spiro atoms. The summed E-state index contributed by atoms with van der Waals surface area (Å²) in [5, 5.41) is 12.6. The molecule has 4 heterocycles. The van der Waals surface area contributed by atoms with Crippen LogP contribution in [0.2, 0.25) is 0 Å². The first-order valence-electron chi connectivity index (χ1n) is 11.6. The number of hydrogen-bond acceptors (Lipinski definition) is 3. The Morgan fingerprint density at radius 1 is 1.21 bits per heavy atom. The molecule has 6 rings (SSSR count). The first-order valence-corrected chi connectivity index (χ1v) is 11.6. The lowest BCUT2D eigenvalue weighted by molar-refractivity contribution is -0.985. The van der Waals surface area contributed by atoms with Crippen LogP contribution < -0.4 is 4.74 Å². The van der Waals surface area contributed by atoms with Crippen LogP contribution in [0.3, 0.4) is 0 Å². The van der Waals surface area contributed by atoms with E-state index in [2.05, 4.69) is 11.6 Å². The van der Waals surface area contributed by atoms with Crippen molar-refractivity contribution >= 4 is 10.9 Å². The summed E-state index contributed by atoms with van der Waals surface area (Å²) < 4.78 is 48.1. The molecule has 5 atom stereocenters. The molecule has 4 nitrogen and oxygen atoms in total. The number of pyridine rings is 1. The van der Waals surface area contributed by atoms with E-state index in [1.807, 2.05) is 30.3 Å². The third kappa shape index (κ3) is 3.67. The van der Waals surface area contributed by atoms with Crippen molar-refractivity contribution < 1.29 is 27.5 Å². The van der Waals surface area contributed by atoms with Crippen molar-refractivity contribution in [2.24, 2.45) is 11.8 Å². The topological polar surface area (TPSA) is 42.4 Å². The number of hydrogen-bond donors (Lipinski definition) is 1. The van der Waals surface area contributed by atoms with Crippen LogP contribution in [-0.2, 0) is 6.54 Å². The second-order valence-corrected chi connectivity index (χ2v) is 9.60. The summed E-state index contributed by atoms with van der Waals surface area (Å²) in [4.78, 5) is 4.42. The molecule has 3 fully saturated rings. The third-order valence-electron chi connectivity index (χ3n) is 7.94. The van der Waals surface area contributed by atoms with E-state index in [1.54, 1.807) is 13.3 Å². The standard InChI is InChI=1S/C27H28F3N2O2/c1-3-16-14-32(15-18-4-6-22(28)26(30)25(18)29)11-9-17(16)12-24(32)27(33)20-8-10-31-23-7-5-19(34-2)13-21(20)23/h3-8,10,13,16-17,24,27,33H,1,9,11-12,14-15H2,2H3/q+1/t16?,17?,24?,27-,32?/m0/s1. The fourth-order valence-corrected chi connectivity index (χ4v) is 6.15. The monoisotopic (exact) mass is 469 g/mol. The number of methoxy groups -OCH3 is 1. The molecule has 34 heavy (non-hydrogen) atoms. The van der Waals surface area contributed by atoms with Gasteiger partial charge in [-0.25, -0.2) is 13.2 Å². The normalized spacial score (nSPS) is 27.0. The smallest absolute Gasteiger partial charge is 0.194 e. The predicted octanol–water partition coefficient (Wildman–Crippen LogP) is 5.31. The summed E-state index contributed by atoms with van der Waals surface area (Å²) in [6, 6.07) is 9.42. The highest BCUT2D eigenvalue weighted by Gasteiger charge is 2.54. The number of benzene rings is 2. The SMILES string of the molecule is C=CC1C[N+]2(Cc3ccc(F)c(F)c3F)CCC1CC2[C@@H](O)c1ccnc2ccc(OC)cc12. The number of piperidine rings is 3. The first kappa shape index (κ1) is 22.9. The fraction of sp³-hybridized carbons (Fsp3) is 0.370. The molecule has 3 saturated heterocycles. The summed E-state index contributed by atoms with van der Waals surface area (Å²) in [6.45, 7) is 5.56. The zero-order chi connectivity index (χ0) is 24.0. The number of aliphatic hydroxyl groups excluding tert-OH is 1. The minimum atomic E-state index is -1.45. The van der Waals surface area contributed by atoms with Gasteiger partial charge in [0.05, 0.1) is 25.7 Å². The van der Waals surface area contributed by atoms with Crippen molar-refractivity contribution in [2.45, 2.75) is 31.5 Å². The summed E-state index contributed by atoms with van der Waals surface area (Å²) in [5.74, 6) is -2.54. The van der Waals surface area contributed by atoms with E-state index >= 15 is 0 Å². The molecule has 178 valence electrons. The quantitative estimate of drug-likeness (QED) is 0.302. The number of rotatable bonds is 6. The van der Waals surface area contributed by atoms with Crippen LogP contribution >= 0.6 is 0 Å². The molecule has 3 aliphatic rings. The van der Waals surface area contributed by atoms with E-state index in [9.17, 15) is 18.3 Å². The Labute approximate surface area is 196 Å². The van der Waals surface area contributed by atoms with Crippen LogP contribution in [0.1, 0.15) is 30.1 Å². The Morgan fingerprint density at radius 3 is 2.79 bits per heavy atom. The largest absolute Gasteiger partial charge is 0.497 e. The van der Waals surface area contributed by atoms with Gasteiger partial charge < -0.3 is 14.3 Å². The molecular weight excluding hydrogens is 441 g/mol. The molecule has 0 amide bonds. The number of nitrogens with zero attached hydrogens (tertiary/aromatic N) is 2. The van der Waals surface area contributed by atoms with Gasteiger partial charge in [-0.2, -0.15) is 0 Å². The number of aromatic nitrogens is 1. The van der Waals surface area contributed by atoms with Gasteiger partial charge in [0.2, 0.25) is 0 Å². The van der Waals surface area contributed by atoms with Gasteiger partial charge in [0.15, 0.2) is 17.5 Å². The number of halogens is 3. The van der Waals surface area contributed by atoms with Gasteiger partial charge in [0, 0.05) is 35.9 Å². The maximum absolute atomic E-state index is 14.7. The van der Waals surface area contributed by atoms with Crippen LogP contribution in [0.5, 0.6) is 5.75 Å². The maximum Gasteiger partial charge on any atom is 0.194 e. The minimum Gasteiger partial charge on any atom is -0.497 e. The van der Waals surface area contributed by atoms with Crippen molar-refractivity contribution in [1.82, 2.24) is 4.98 Å². The van der Waals surface area contributed by atoms with Crippen molar-refractivity contribution in [2.75, 3.05) is 20.2 Å². The lowest BCUT2D eigenvalue weighted by Crippen LogP contribution is -2.67. The summed E-state index contributed by atoms with van der Waals surface area (Å²) in [6.07, 6.45) is 4.41. The second kappa shape index (κ2) is 8.71. The van der Waals surface area contributed by atoms with Crippen LogP contribution in [0.4, 0.5) is 13.2 Å². The molecule has 3 aromatic rings. The van der Waals surface area contributed by atoms with Gasteiger partial charge in [-0.15, -0.1) is 6.58 Å². The number of quaternary nitrogens is 1. The van der Waals surface area contributed by atoms with Crippen LogP contribution in [0.25, 0.3) is 10.9 Å². The molecule has 0 radical (unpaired) electrons. The fourth-order valence-electron chi connectivity index (χ4n) is 6.15. The van der Waals surface area contributed by atoms with E-state index in [0.717, 1.165) is 41.9 Å². The highest BCUT2D eigenvalue weighted by Crippen LogP contribution is 2.48. The predicted molar refractivity (Wildman–Crippen MR) is 123 cm³/mol. The Hall–Kier alpha value is -2.90. The molecular formula is C27H28F3N2O2+. The Morgan fingerprint density at radius 2 is 2.03 bits per heavy atom. The van der Waals surface area contributed by atoms with E-state index in [0.29, 0.717) is 22.7 Å². The maximum atomic E-state index is 14.7. The van der Waals surface area contributed by atoms with Gasteiger partial charge in [-0.05, 0) is 47.9 Å². The number of aliphatic hydroxyl groups is 1. The molecule has 0 saturated carbocycles. The zero-order valence-electron chi connectivity index (χ0n) is 19.1. The molecule has 1 aromatic heterocycles. The summed E-state index contributed by atoms with van der Waals surface area (Å²) >= 11 is 0. The highest BCUT2D eigenvalue weighted by atomic mass is 19.2. The summed E-state index contributed by atoms with van der Waals surface area (Å²) in [7, 11) is 1.59. The van der Waals surface area contributed by atoms with E-state index < -0.39 is 23.6 Å². The Bertz CT molecular complexity index is 1250. The molecule has 7 heteroatoms. The average Bonchev–Trinajstić information content (AvgIpc) is 2.88. The lowest BCUT2D eigenvalue weighted by Gasteiger charge is -2.58. The van der Waals surface area contributed by atoms with Gasteiger partial charge in [0.25, 0.3) is 0 Å². The summed E-state index contributed by atoms with van der Waals surface area (Å²) in [5.41, 5.74) is 1.61. The second-order valence-electron chi connectivity index (χ2n) is 9.60. The van der Waals surface area contributed by atoms with Crippen LogP contribution in [0.15, 0.2) is 55.3 Å². The highest BCUT2D eigenvalue weighted by molar-refractivity contribution is 5.83. The molecule has 2 aromatic carbocycles. The Balaban J connectivity index is 1.58. The van der Waals surface area contributed by atoms with Gasteiger partial charge in [0.1, 0.15) is 24.4 Å². The third-order valence-corrected chi connectivity index (χ3v) is 7.94. The van der Waals surface area contributed by atoms with E-state index in [1.165, 1.54) is 6.07 Å². The van der Waals surface area contributed by atoms with Crippen LogP contribution in [0, 0.1) is 29.3 Å². The first-order chi connectivity index (χ1) is 16.4. The van der Waals surface area contributed by atoms with E-state index in [4.69, 9.17) is 4.74 Å². The lowest BCUT2D eigenvalue weighted by atomic mass is 9.71. The number of fused-ring (bicyclic) bond motifs is 4. The molecule has 1 N–H and O–H groups in total. The molecule has 4 unspecified atom stereocenters. The van der Waals surface area contributed by atoms with Gasteiger partial charge in [-0.1, -0.05) is 6.08 Å². The van der Waals surface area contributed by atoms with Crippen molar-refractivity contribution in [3.05, 3.63) is 83.8 Å².